The molecule has 3 aromatic carbocycles. The number of nitrogens with zero attached hydrogens (tertiary/aromatic N) is 5. The molecule has 1 aliphatic rings. The van der Waals surface area contributed by atoms with Gasteiger partial charge in [0.05, 0.1) is 5.69 Å². The van der Waals surface area contributed by atoms with E-state index in [-0.39, 0.29) is 0 Å². The minimum Gasteiger partial charge on any atom is -0.492 e. The first kappa shape index (κ1) is 29.7. The molecule has 0 atom stereocenters. The van der Waals surface area contributed by atoms with Crippen molar-refractivity contribution in [3.63, 3.8) is 0 Å². The van der Waals surface area contributed by atoms with E-state index in [1.807, 2.05) is 60.9 Å². The van der Waals surface area contributed by atoms with Gasteiger partial charge in [-0.25, -0.2) is 4.98 Å². The second-order valence-electron chi connectivity index (χ2n) is 11.5. The van der Waals surface area contributed by atoms with Crippen molar-refractivity contribution < 1.29 is 9.47 Å². The molecule has 2 aromatic heterocycles. The zero-order valence-electron chi connectivity index (χ0n) is 25.3. The summed E-state index contributed by atoms with van der Waals surface area (Å²) in [6.07, 6.45) is 6.71. The summed E-state index contributed by atoms with van der Waals surface area (Å²) < 4.78 is 14.3. The number of aromatic nitrogens is 3. The topological polar surface area (TPSA) is 55.7 Å². The van der Waals surface area contributed by atoms with Crippen molar-refractivity contribution >= 4 is 17.3 Å². The highest BCUT2D eigenvalue weighted by molar-refractivity contribution is 6.30. The van der Waals surface area contributed by atoms with Crippen LogP contribution in [0.1, 0.15) is 19.7 Å². The minimum absolute atomic E-state index is 0.478. The molecule has 6 rings (SSSR count). The second-order valence-corrected chi connectivity index (χ2v) is 11.9. The van der Waals surface area contributed by atoms with Crippen LogP contribution in [0.5, 0.6) is 17.2 Å². The molecule has 0 saturated carbocycles. The van der Waals surface area contributed by atoms with Crippen LogP contribution in [0, 0.1) is 5.92 Å². The zero-order chi connectivity index (χ0) is 30.3. The number of halogens is 1. The molecule has 226 valence electrons. The molecule has 1 aliphatic heterocycles. The third kappa shape index (κ3) is 7.59. The Morgan fingerprint density at radius 3 is 2.05 bits per heavy atom. The molecule has 7 nitrogen and oxygen atoms in total. The fourth-order valence-corrected chi connectivity index (χ4v) is 5.53. The summed E-state index contributed by atoms with van der Waals surface area (Å²) in [5.74, 6) is 3.91. The lowest BCUT2D eigenvalue weighted by Crippen LogP contribution is -2.47. The molecule has 1 fully saturated rings. The van der Waals surface area contributed by atoms with E-state index in [1.165, 1.54) is 5.69 Å². The van der Waals surface area contributed by atoms with Crippen LogP contribution >= 0.6 is 11.6 Å². The maximum Gasteiger partial charge on any atom is 0.127 e. The smallest absolute Gasteiger partial charge is 0.127 e. The van der Waals surface area contributed by atoms with E-state index in [4.69, 9.17) is 26.1 Å². The molecule has 0 radical (unpaired) electrons. The molecular formula is C36H38ClN5O2. The Balaban J connectivity index is 1.06. The molecule has 44 heavy (non-hydrogen) atoms. The van der Waals surface area contributed by atoms with Crippen LogP contribution in [-0.2, 0) is 6.42 Å². The molecule has 0 spiro atoms. The van der Waals surface area contributed by atoms with Gasteiger partial charge in [-0.15, -0.1) is 0 Å². The van der Waals surface area contributed by atoms with Crippen molar-refractivity contribution in [1.29, 1.82) is 0 Å². The van der Waals surface area contributed by atoms with Gasteiger partial charge in [-0.3, -0.25) is 9.88 Å². The Morgan fingerprint density at radius 1 is 0.750 bits per heavy atom. The third-order valence-electron chi connectivity index (χ3n) is 7.76. The first-order valence-corrected chi connectivity index (χ1v) is 15.6. The van der Waals surface area contributed by atoms with Crippen LogP contribution in [0.15, 0.2) is 104 Å². The van der Waals surface area contributed by atoms with Crippen LogP contribution in [0.25, 0.3) is 16.9 Å². The van der Waals surface area contributed by atoms with E-state index in [9.17, 15) is 0 Å². The van der Waals surface area contributed by atoms with Gasteiger partial charge in [-0.2, -0.15) is 0 Å². The molecule has 0 bridgehead atoms. The van der Waals surface area contributed by atoms with Gasteiger partial charge in [-0.05, 0) is 90.8 Å². The fraction of sp³-hybridized carbons (Fsp3) is 0.278. The van der Waals surface area contributed by atoms with Crippen LogP contribution in [-0.4, -0.2) is 58.8 Å². The van der Waals surface area contributed by atoms with Crippen LogP contribution in [0.4, 0.5) is 5.69 Å². The standard InChI is InChI=1S/C36H38ClN5O2/c1-27(2)25-36-39-35(26-42(36)31-7-13-34(14-8-31)44-33-11-5-29(37)6-12-33)28-3-9-32(10-4-28)43-24-23-40-19-21-41(22-20-40)30-15-17-38-18-16-30/h3-18,26-27H,19-25H2,1-2H3. The normalized spacial score (nSPS) is 13.8. The molecule has 0 amide bonds. The SMILES string of the molecule is CC(C)Cc1nc(-c2ccc(OCCN3CCN(c4ccncc4)CC3)cc2)cn1-c1ccc(Oc2ccc(Cl)cc2)cc1. The predicted octanol–water partition coefficient (Wildman–Crippen LogP) is 7.78. The summed E-state index contributed by atoms with van der Waals surface area (Å²) in [5.41, 5.74) is 4.30. The Hall–Kier alpha value is -4.33. The summed E-state index contributed by atoms with van der Waals surface area (Å²) >= 11 is 6.00. The number of ether oxygens (including phenoxy) is 2. The lowest BCUT2D eigenvalue weighted by molar-refractivity contribution is 0.200. The van der Waals surface area contributed by atoms with Crippen molar-refractivity contribution in [3.8, 4) is 34.2 Å². The largest absolute Gasteiger partial charge is 0.492 e. The maximum absolute atomic E-state index is 6.11. The number of hydrogen-bond donors (Lipinski definition) is 0. The van der Waals surface area contributed by atoms with Crippen molar-refractivity contribution in [1.82, 2.24) is 19.4 Å². The Morgan fingerprint density at radius 2 is 1.39 bits per heavy atom. The van der Waals surface area contributed by atoms with E-state index in [2.05, 4.69) is 75.8 Å². The summed E-state index contributed by atoms with van der Waals surface area (Å²) in [6.45, 7) is 10.1. The van der Waals surface area contributed by atoms with Gasteiger partial charge in [0.2, 0.25) is 0 Å². The number of hydrogen-bond acceptors (Lipinski definition) is 6. The second kappa shape index (κ2) is 14.0. The van der Waals surface area contributed by atoms with Gasteiger partial charge < -0.3 is 18.9 Å². The summed E-state index contributed by atoms with van der Waals surface area (Å²) in [4.78, 5) is 14.0. The van der Waals surface area contributed by atoms with Gasteiger partial charge in [0, 0.05) is 79.7 Å². The molecular weight excluding hydrogens is 570 g/mol. The average molecular weight is 608 g/mol. The van der Waals surface area contributed by atoms with Gasteiger partial charge in [0.1, 0.15) is 29.7 Å². The molecule has 0 unspecified atom stereocenters. The Labute approximate surface area is 264 Å². The number of benzene rings is 3. The number of imidazole rings is 1. The molecule has 8 heteroatoms. The van der Waals surface area contributed by atoms with E-state index in [0.29, 0.717) is 17.5 Å². The quantitative estimate of drug-likeness (QED) is 0.153. The molecule has 1 saturated heterocycles. The molecule has 0 aliphatic carbocycles. The predicted molar refractivity (Wildman–Crippen MR) is 177 cm³/mol. The van der Waals surface area contributed by atoms with E-state index in [1.54, 1.807) is 0 Å². The van der Waals surface area contributed by atoms with Gasteiger partial charge in [0.25, 0.3) is 0 Å². The van der Waals surface area contributed by atoms with Gasteiger partial charge in [-0.1, -0.05) is 25.4 Å². The first-order valence-electron chi connectivity index (χ1n) is 15.2. The van der Waals surface area contributed by atoms with Crippen molar-refractivity contribution in [2.24, 2.45) is 5.92 Å². The van der Waals surface area contributed by atoms with E-state index >= 15 is 0 Å². The molecule has 0 N–H and O–H groups in total. The highest BCUT2D eigenvalue weighted by atomic mass is 35.5. The maximum atomic E-state index is 6.11. The summed E-state index contributed by atoms with van der Waals surface area (Å²) in [6, 6.07) is 27.9. The Bertz CT molecular complexity index is 1610. The summed E-state index contributed by atoms with van der Waals surface area (Å²) in [7, 11) is 0. The lowest BCUT2D eigenvalue weighted by atomic mass is 10.1. The lowest BCUT2D eigenvalue weighted by Gasteiger charge is -2.35. The van der Waals surface area contributed by atoms with E-state index in [0.717, 1.165) is 79.2 Å². The zero-order valence-corrected chi connectivity index (χ0v) is 26.0. The number of rotatable bonds is 11. The van der Waals surface area contributed by atoms with Crippen LogP contribution in [0.2, 0.25) is 5.02 Å². The minimum atomic E-state index is 0.478. The molecule has 5 aromatic rings. The average Bonchev–Trinajstić information content (AvgIpc) is 3.46. The van der Waals surface area contributed by atoms with Gasteiger partial charge >= 0.3 is 0 Å². The first-order chi connectivity index (χ1) is 21.5. The summed E-state index contributed by atoms with van der Waals surface area (Å²) in [5, 5.41) is 0.686. The van der Waals surface area contributed by atoms with Crippen molar-refractivity contribution in [2.75, 3.05) is 44.2 Å². The monoisotopic (exact) mass is 607 g/mol. The van der Waals surface area contributed by atoms with E-state index < -0.39 is 0 Å². The van der Waals surface area contributed by atoms with Crippen molar-refractivity contribution in [3.05, 3.63) is 114 Å². The van der Waals surface area contributed by atoms with Crippen LogP contribution in [0.3, 0.4) is 0 Å². The highest BCUT2D eigenvalue weighted by Crippen LogP contribution is 2.28. The van der Waals surface area contributed by atoms with Crippen molar-refractivity contribution in [2.45, 2.75) is 20.3 Å². The fourth-order valence-electron chi connectivity index (χ4n) is 5.40. The number of piperazine rings is 1. The number of pyridine rings is 1. The third-order valence-corrected chi connectivity index (χ3v) is 8.01. The van der Waals surface area contributed by atoms with Gasteiger partial charge in [0.15, 0.2) is 0 Å². The highest BCUT2D eigenvalue weighted by Gasteiger charge is 2.17. The number of anilines is 1. The van der Waals surface area contributed by atoms with Crippen LogP contribution < -0.4 is 14.4 Å². The Kier molecular flexibility index (Phi) is 9.44. The molecule has 3 heterocycles.